The smallest absolute Gasteiger partial charge is 0.257 e. The van der Waals surface area contributed by atoms with Gasteiger partial charge >= 0.3 is 0 Å². The maximum atomic E-state index is 12.3. The fourth-order valence-corrected chi connectivity index (χ4v) is 3.37. The second kappa shape index (κ2) is 9.34. The van der Waals surface area contributed by atoms with Gasteiger partial charge in [0.1, 0.15) is 11.5 Å². The summed E-state index contributed by atoms with van der Waals surface area (Å²) in [7, 11) is 0. The topological polar surface area (TPSA) is 70.6 Å². The number of nitrogens with one attached hydrogen (secondary N) is 2. The predicted octanol–water partition coefficient (Wildman–Crippen LogP) is 5.22. The lowest BCUT2D eigenvalue weighted by Gasteiger charge is -2.13. The van der Waals surface area contributed by atoms with Gasteiger partial charge in [-0.25, -0.2) is 0 Å². The van der Waals surface area contributed by atoms with E-state index in [1.807, 2.05) is 13.8 Å². The van der Waals surface area contributed by atoms with Crippen LogP contribution in [0.2, 0.25) is 0 Å². The van der Waals surface area contributed by atoms with E-state index in [9.17, 15) is 9.90 Å². The van der Waals surface area contributed by atoms with Gasteiger partial charge in [0.2, 0.25) is 0 Å². The van der Waals surface area contributed by atoms with Crippen LogP contribution in [0.4, 0.5) is 5.69 Å². The molecule has 0 spiro atoms. The molecule has 0 aliphatic rings. The number of carbonyl (C=O) groups excluding carboxylic acids is 1. The van der Waals surface area contributed by atoms with E-state index in [1.54, 1.807) is 36.4 Å². The summed E-state index contributed by atoms with van der Waals surface area (Å²) >= 11 is 11.7. The average Bonchev–Trinajstić information content (AvgIpc) is 2.59. The zero-order valence-electron chi connectivity index (χ0n) is 14.2. The molecule has 8 heteroatoms. The molecule has 0 fully saturated rings. The quantitative estimate of drug-likeness (QED) is 0.387. The molecule has 5 nitrogen and oxygen atoms in total. The summed E-state index contributed by atoms with van der Waals surface area (Å²) in [6.45, 7) is 4.04. The third kappa shape index (κ3) is 5.69. The number of amides is 1. The summed E-state index contributed by atoms with van der Waals surface area (Å²) < 4.78 is 6.69. The van der Waals surface area contributed by atoms with Crippen LogP contribution in [0.3, 0.4) is 0 Å². The van der Waals surface area contributed by atoms with E-state index in [0.717, 1.165) is 12.2 Å². The molecule has 0 saturated heterocycles. The lowest BCUT2D eigenvalue weighted by atomic mass is 10.2. The Hall–Kier alpha value is -1.64. The van der Waals surface area contributed by atoms with E-state index >= 15 is 0 Å². The van der Waals surface area contributed by atoms with E-state index in [2.05, 4.69) is 42.5 Å². The number of phenols is 1. The number of anilines is 1. The van der Waals surface area contributed by atoms with Crippen molar-refractivity contribution in [3.05, 3.63) is 50.9 Å². The van der Waals surface area contributed by atoms with Gasteiger partial charge in [0.05, 0.1) is 15.0 Å². The molecule has 0 aliphatic heterocycles. The van der Waals surface area contributed by atoms with E-state index in [4.69, 9.17) is 17.0 Å². The van der Waals surface area contributed by atoms with E-state index in [1.165, 1.54) is 0 Å². The van der Waals surface area contributed by atoms with Crippen molar-refractivity contribution in [2.45, 2.75) is 26.4 Å². The Morgan fingerprint density at radius 2 is 1.81 bits per heavy atom. The van der Waals surface area contributed by atoms with Crippen LogP contribution < -0.4 is 15.4 Å². The number of hydrogen-bond donors (Lipinski definition) is 3. The van der Waals surface area contributed by atoms with Gasteiger partial charge in [-0.1, -0.05) is 6.92 Å². The molecular formula is C18H18Br2N2O3S. The molecule has 0 aromatic heterocycles. The highest BCUT2D eigenvalue weighted by Crippen LogP contribution is 2.35. The highest BCUT2D eigenvalue weighted by Gasteiger charge is 2.11. The fourth-order valence-electron chi connectivity index (χ4n) is 1.98. The van der Waals surface area contributed by atoms with Crippen molar-refractivity contribution in [1.82, 2.24) is 5.32 Å². The Morgan fingerprint density at radius 1 is 1.23 bits per heavy atom. The Labute approximate surface area is 174 Å². The lowest BCUT2D eigenvalue weighted by Crippen LogP contribution is -2.34. The van der Waals surface area contributed by atoms with Gasteiger partial charge in [-0.05, 0) is 93.8 Å². The number of aromatic hydroxyl groups is 1. The SMILES string of the molecule is CCC(C)Oc1ccc(C(=O)NC(=S)Nc2cc(Br)c(O)c(Br)c2)cc1. The summed E-state index contributed by atoms with van der Waals surface area (Å²) in [6, 6.07) is 10.2. The first-order valence-electron chi connectivity index (χ1n) is 7.87. The van der Waals surface area contributed by atoms with E-state index in [0.29, 0.717) is 20.2 Å². The maximum Gasteiger partial charge on any atom is 0.257 e. The monoisotopic (exact) mass is 500 g/mol. The van der Waals surface area contributed by atoms with Crippen molar-refractivity contribution < 1.29 is 14.6 Å². The van der Waals surface area contributed by atoms with Crippen molar-refractivity contribution in [2.24, 2.45) is 0 Å². The number of ether oxygens (including phenoxy) is 1. The second-order valence-electron chi connectivity index (χ2n) is 5.56. The maximum absolute atomic E-state index is 12.3. The van der Waals surface area contributed by atoms with Crippen LogP contribution in [0.15, 0.2) is 45.3 Å². The van der Waals surface area contributed by atoms with Crippen molar-refractivity contribution in [1.29, 1.82) is 0 Å². The first kappa shape index (κ1) is 20.7. The molecule has 0 bridgehead atoms. The number of benzene rings is 2. The van der Waals surface area contributed by atoms with Crippen LogP contribution in [0.25, 0.3) is 0 Å². The number of phenolic OH excluding ortho intramolecular Hbond substituents is 1. The van der Waals surface area contributed by atoms with Crippen LogP contribution >= 0.6 is 44.1 Å². The van der Waals surface area contributed by atoms with Crippen LogP contribution in [-0.4, -0.2) is 22.2 Å². The van der Waals surface area contributed by atoms with Crippen LogP contribution in [0, 0.1) is 0 Å². The Balaban J connectivity index is 1.97. The zero-order chi connectivity index (χ0) is 19.3. The van der Waals surface area contributed by atoms with E-state index < -0.39 is 0 Å². The van der Waals surface area contributed by atoms with Crippen LogP contribution in [0.5, 0.6) is 11.5 Å². The first-order chi connectivity index (χ1) is 12.3. The molecular weight excluding hydrogens is 484 g/mol. The Bertz CT molecular complexity index is 790. The molecule has 0 aliphatic carbocycles. The first-order valence-corrected chi connectivity index (χ1v) is 9.86. The molecule has 2 aromatic rings. The number of thiocarbonyl (C=S) groups is 1. The van der Waals surface area contributed by atoms with Gasteiger partial charge in [0, 0.05) is 11.3 Å². The minimum absolute atomic E-state index is 0.0882. The normalized spacial score (nSPS) is 11.5. The zero-order valence-corrected chi connectivity index (χ0v) is 18.2. The molecule has 3 N–H and O–H groups in total. The van der Waals surface area contributed by atoms with Gasteiger partial charge in [-0.2, -0.15) is 0 Å². The summed E-state index contributed by atoms with van der Waals surface area (Å²) in [4.78, 5) is 12.3. The largest absolute Gasteiger partial charge is 0.506 e. The highest BCUT2D eigenvalue weighted by molar-refractivity contribution is 9.11. The predicted molar refractivity (Wildman–Crippen MR) is 114 cm³/mol. The Morgan fingerprint density at radius 3 is 2.35 bits per heavy atom. The van der Waals surface area contributed by atoms with Crippen molar-refractivity contribution in [2.75, 3.05) is 5.32 Å². The highest BCUT2D eigenvalue weighted by atomic mass is 79.9. The standard InChI is InChI=1S/C18H18Br2N2O3S/c1-3-10(2)25-13-6-4-11(5-7-13)17(24)22-18(26)21-12-8-14(19)16(23)15(20)9-12/h4-10,23H,3H2,1-2H3,(H2,21,22,24,26). The number of halogens is 2. The molecule has 2 rings (SSSR count). The molecule has 1 amide bonds. The third-order valence-electron chi connectivity index (χ3n) is 3.53. The average molecular weight is 502 g/mol. The molecule has 0 heterocycles. The summed E-state index contributed by atoms with van der Waals surface area (Å²) in [5.41, 5.74) is 1.09. The third-order valence-corrected chi connectivity index (χ3v) is 4.94. The van der Waals surface area contributed by atoms with Gasteiger partial charge in [0.15, 0.2) is 5.11 Å². The van der Waals surface area contributed by atoms with Crippen LogP contribution in [-0.2, 0) is 0 Å². The lowest BCUT2D eigenvalue weighted by molar-refractivity contribution is 0.0977. The molecule has 0 radical (unpaired) electrons. The molecule has 1 unspecified atom stereocenters. The molecule has 2 aromatic carbocycles. The van der Waals surface area contributed by atoms with Crippen molar-refractivity contribution in [3.63, 3.8) is 0 Å². The number of hydrogen-bond acceptors (Lipinski definition) is 4. The molecule has 138 valence electrons. The molecule has 1 atom stereocenters. The van der Waals surface area contributed by atoms with Gasteiger partial charge in [0.25, 0.3) is 5.91 Å². The summed E-state index contributed by atoms with van der Waals surface area (Å²) in [5, 5.41) is 15.4. The minimum atomic E-state index is -0.325. The Kier molecular flexibility index (Phi) is 7.43. The van der Waals surface area contributed by atoms with Crippen LogP contribution in [0.1, 0.15) is 30.6 Å². The van der Waals surface area contributed by atoms with Gasteiger partial charge in [-0.3, -0.25) is 10.1 Å². The summed E-state index contributed by atoms with van der Waals surface area (Å²) in [5.74, 6) is 0.482. The molecule has 0 saturated carbocycles. The number of rotatable bonds is 5. The second-order valence-corrected chi connectivity index (χ2v) is 7.67. The number of carbonyl (C=O) groups is 1. The van der Waals surface area contributed by atoms with Gasteiger partial charge in [-0.15, -0.1) is 0 Å². The van der Waals surface area contributed by atoms with Crippen molar-refractivity contribution >= 4 is 60.8 Å². The minimum Gasteiger partial charge on any atom is -0.506 e. The summed E-state index contributed by atoms with van der Waals surface area (Å²) in [6.07, 6.45) is 1.03. The van der Waals surface area contributed by atoms with Crippen molar-refractivity contribution in [3.8, 4) is 11.5 Å². The molecule has 26 heavy (non-hydrogen) atoms. The fraction of sp³-hybridized carbons (Fsp3) is 0.222. The van der Waals surface area contributed by atoms with E-state index in [-0.39, 0.29) is 22.9 Å². The van der Waals surface area contributed by atoms with Gasteiger partial charge < -0.3 is 15.2 Å².